The van der Waals surface area contributed by atoms with Crippen molar-refractivity contribution in [2.24, 2.45) is 11.7 Å². The third-order valence-electron chi connectivity index (χ3n) is 7.76. The quantitative estimate of drug-likeness (QED) is 0.358. The van der Waals surface area contributed by atoms with Crippen LogP contribution in [0.5, 0.6) is 0 Å². The van der Waals surface area contributed by atoms with Crippen LogP contribution in [0.15, 0.2) is 48.9 Å². The van der Waals surface area contributed by atoms with Crippen molar-refractivity contribution < 1.29 is 13.5 Å². The lowest BCUT2D eigenvalue weighted by atomic mass is 9.74. The first-order valence-corrected chi connectivity index (χ1v) is 12.8. The molecule has 2 fully saturated rings. The number of hydrogen-bond donors (Lipinski definition) is 2. The molecule has 4 atom stereocenters. The number of pyridine rings is 1. The predicted molar refractivity (Wildman–Crippen MR) is 138 cm³/mol. The van der Waals surface area contributed by atoms with Gasteiger partial charge in [0.15, 0.2) is 0 Å². The molecule has 37 heavy (non-hydrogen) atoms. The molecular formula is C28H30F2N6O. The van der Waals surface area contributed by atoms with Crippen LogP contribution in [0.2, 0.25) is 0 Å². The van der Waals surface area contributed by atoms with E-state index in [1.165, 1.54) is 12.1 Å². The Morgan fingerprint density at radius 2 is 1.84 bits per heavy atom. The molecule has 0 aliphatic heterocycles. The van der Waals surface area contributed by atoms with Gasteiger partial charge in [-0.05, 0) is 84.9 Å². The molecule has 0 spiro atoms. The number of halogens is 2. The second-order valence-corrected chi connectivity index (χ2v) is 10.4. The number of nitrogens with zero attached hydrogens (tertiary/aromatic N) is 4. The first-order valence-electron chi connectivity index (χ1n) is 12.8. The minimum absolute atomic E-state index is 0.0347. The molecule has 2 aliphatic rings. The second kappa shape index (κ2) is 9.46. The van der Waals surface area contributed by atoms with Gasteiger partial charge in [-0.3, -0.25) is 4.98 Å². The first kappa shape index (κ1) is 23.9. The highest BCUT2D eigenvalue weighted by Crippen LogP contribution is 2.42. The highest BCUT2D eigenvalue weighted by molar-refractivity contribution is 5.66. The molecule has 1 aromatic carbocycles. The monoisotopic (exact) mass is 504 g/mol. The standard InChI is InChI=1S/C28H30F2N6O/c1-15-9-18(12-23(31)27(15)37-2)20-7-8-32-14-25(20)34-28-33-13-19-5-6-24(35-36(19)28)26-21(29)10-17(11-22(26)30)16-3-4-16/h5-8,10-11,13-16,18,23,27H,3-4,9,12,31H2,1-2H3,(H,33,34)/t15-,18+,23+,27+/m0/s1. The summed E-state index contributed by atoms with van der Waals surface area (Å²) in [6.07, 6.45) is 8.91. The highest BCUT2D eigenvalue weighted by Gasteiger charge is 2.35. The molecule has 0 bridgehead atoms. The molecule has 2 aliphatic carbocycles. The molecule has 192 valence electrons. The number of anilines is 2. The maximum atomic E-state index is 15.0. The van der Waals surface area contributed by atoms with E-state index in [-0.39, 0.29) is 35.2 Å². The number of fused-ring (bicyclic) bond motifs is 1. The Morgan fingerprint density at radius 3 is 2.54 bits per heavy atom. The van der Waals surface area contributed by atoms with Crippen molar-refractivity contribution in [3.63, 3.8) is 0 Å². The summed E-state index contributed by atoms with van der Waals surface area (Å²) in [6, 6.07) is 8.17. The van der Waals surface area contributed by atoms with E-state index in [0.29, 0.717) is 22.9 Å². The number of nitrogens with one attached hydrogen (secondary N) is 1. The van der Waals surface area contributed by atoms with Crippen LogP contribution < -0.4 is 11.1 Å². The molecule has 2 saturated carbocycles. The van der Waals surface area contributed by atoms with Gasteiger partial charge in [0.2, 0.25) is 5.95 Å². The van der Waals surface area contributed by atoms with Crippen molar-refractivity contribution in [3.8, 4) is 11.3 Å². The number of rotatable bonds is 6. The van der Waals surface area contributed by atoms with Crippen LogP contribution in [-0.4, -0.2) is 38.8 Å². The molecule has 3 N–H and O–H groups in total. The molecule has 6 rings (SSSR count). The summed E-state index contributed by atoms with van der Waals surface area (Å²) in [5.74, 6) is 0.0281. The van der Waals surface area contributed by atoms with Crippen LogP contribution in [0.4, 0.5) is 20.4 Å². The lowest BCUT2D eigenvalue weighted by Gasteiger charge is -2.38. The van der Waals surface area contributed by atoms with Crippen LogP contribution in [0, 0.1) is 17.6 Å². The van der Waals surface area contributed by atoms with Gasteiger partial charge in [-0.2, -0.15) is 9.61 Å². The SMILES string of the molecule is CO[C@H]1[C@H](N)C[C@H](c2ccncc2Nc2ncc3ccc(-c4c(F)cc(C5CC5)cc4F)nn23)C[C@@H]1C. The van der Waals surface area contributed by atoms with Gasteiger partial charge in [0, 0.05) is 19.3 Å². The van der Waals surface area contributed by atoms with Gasteiger partial charge in [0.1, 0.15) is 11.6 Å². The zero-order valence-electron chi connectivity index (χ0n) is 20.9. The first-order chi connectivity index (χ1) is 17.9. The molecule has 3 aromatic heterocycles. The topological polar surface area (TPSA) is 90.4 Å². The Labute approximate surface area is 214 Å². The second-order valence-electron chi connectivity index (χ2n) is 10.4. The summed E-state index contributed by atoms with van der Waals surface area (Å²) in [5.41, 5.74) is 9.81. The number of nitrogens with two attached hydrogens (primary N) is 1. The van der Waals surface area contributed by atoms with Gasteiger partial charge in [-0.25, -0.2) is 13.8 Å². The largest absolute Gasteiger partial charge is 0.380 e. The fraction of sp³-hybridized carbons (Fsp3) is 0.393. The summed E-state index contributed by atoms with van der Waals surface area (Å²) >= 11 is 0. The maximum Gasteiger partial charge on any atom is 0.229 e. The van der Waals surface area contributed by atoms with Gasteiger partial charge in [0.05, 0.1) is 41.0 Å². The van der Waals surface area contributed by atoms with E-state index in [4.69, 9.17) is 10.5 Å². The van der Waals surface area contributed by atoms with Crippen molar-refractivity contribution in [2.45, 2.75) is 56.6 Å². The van der Waals surface area contributed by atoms with Crippen LogP contribution in [-0.2, 0) is 4.74 Å². The molecule has 0 unspecified atom stereocenters. The summed E-state index contributed by atoms with van der Waals surface area (Å²) in [4.78, 5) is 8.80. The fourth-order valence-corrected chi connectivity index (χ4v) is 5.80. The highest BCUT2D eigenvalue weighted by atomic mass is 19.1. The van der Waals surface area contributed by atoms with Crippen LogP contribution >= 0.6 is 0 Å². The van der Waals surface area contributed by atoms with E-state index in [9.17, 15) is 8.78 Å². The number of ether oxygens (including phenoxy) is 1. The zero-order chi connectivity index (χ0) is 25.7. The van der Waals surface area contributed by atoms with E-state index in [1.807, 2.05) is 6.07 Å². The van der Waals surface area contributed by atoms with E-state index in [0.717, 1.165) is 36.9 Å². The van der Waals surface area contributed by atoms with E-state index in [1.54, 1.807) is 42.3 Å². The Bertz CT molecular complexity index is 1420. The van der Waals surface area contributed by atoms with Crippen LogP contribution in [0.1, 0.15) is 55.6 Å². The summed E-state index contributed by atoms with van der Waals surface area (Å²) in [6.45, 7) is 2.16. The van der Waals surface area contributed by atoms with Gasteiger partial charge in [0.25, 0.3) is 0 Å². The van der Waals surface area contributed by atoms with Gasteiger partial charge in [-0.15, -0.1) is 0 Å². The van der Waals surface area contributed by atoms with Gasteiger partial charge >= 0.3 is 0 Å². The minimum atomic E-state index is -0.602. The zero-order valence-corrected chi connectivity index (χ0v) is 20.9. The number of aromatic nitrogens is 4. The van der Waals surface area contributed by atoms with Crippen molar-refractivity contribution >= 4 is 17.2 Å². The van der Waals surface area contributed by atoms with E-state index >= 15 is 0 Å². The average Bonchev–Trinajstić information content (AvgIpc) is 3.66. The number of benzene rings is 1. The van der Waals surface area contributed by atoms with E-state index in [2.05, 4.69) is 27.3 Å². The minimum Gasteiger partial charge on any atom is -0.380 e. The average molecular weight is 505 g/mol. The van der Waals surface area contributed by atoms with E-state index < -0.39 is 11.6 Å². The molecule has 0 radical (unpaired) electrons. The Balaban J connectivity index is 1.33. The maximum absolute atomic E-state index is 15.0. The van der Waals surface area contributed by atoms with Gasteiger partial charge in [-0.1, -0.05) is 6.92 Å². The lowest BCUT2D eigenvalue weighted by Crippen LogP contribution is -2.45. The molecule has 0 amide bonds. The molecule has 0 saturated heterocycles. The van der Waals surface area contributed by atoms with Gasteiger partial charge < -0.3 is 15.8 Å². The summed E-state index contributed by atoms with van der Waals surface area (Å²) in [7, 11) is 1.71. The Morgan fingerprint density at radius 1 is 1.05 bits per heavy atom. The molecule has 3 heterocycles. The smallest absolute Gasteiger partial charge is 0.229 e. The lowest BCUT2D eigenvalue weighted by molar-refractivity contribution is 0.00984. The molecule has 7 nitrogen and oxygen atoms in total. The number of methoxy groups -OCH3 is 1. The van der Waals surface area contributed by atoms with Crippen molar-refractivity contribution in [1.82, 2.24) is 19.6 Å². The van der Waals surface area contributed by atoms with Crippen LogP contribution in [0.3, 0.4) is 0 Å². The molecular weight excluding hydrogens is 474 g/mol. The number of hydrogen-bond acceptors (Lipinski definition) is 6. The molecule has 4 aromatic rings. The van der Waals surface area contributed by atoms with Crippen LogP contribution in [0.25, 0.3) is 16.8 Å². The third-order valence-corrected chi connectivity index (χ3v) is 7.76. The Kier molecular flexibility index (Phi) is 6.12. The van der Waals surface area contributed by atoms with Crippen molar-refractivity contribution in [2.75, 3.05) is 12.4 Å². The normalized spacial score (nSPS) is 23.9. The summed E-state index contributed by atoms with van der Waals surface area (Å²) in [5, 5.41) is 7.91. The third kappa shape index (κ3) is 4.46. The summed E-state index contributed by atoms with van der Waals surface area (Å²) < 4.78 is 37.2. The fourth-order valence-electron chi connectivity index (χ4n) is 5.80. The Hall–Kier alpha value is -3.43. The van der Waals surface area contributed by atoms with Crippen molar-refractivity contribution in [1.29, 1.82) is 0 Å². The number of imidazole rings is 1. The predicted octanol–water partition coefficient (Wildman–Crippen LogP) is 5.55. The van der Waals surface area contributed by atoms with Crippen molar-refractivity contribution in [3.05, 3.63) is 71.7 Å². The molecule has 9 heteroatoms.